The Balaban J connectivity index is 1.33. The van der Waals surface area contributed by atoms with Crippen molar-refractivity contribution >= 4 is 64.7 Å². The molecule has 2 aliphatic heterocycles. The Bertz CT molecular complexity index is 2560. The zero-order valence-corrected chi connectivity index (χ0v) is 31.1. The normalized spacial score (nSPS) is 19.7. The van der Waals surface area contributed by atoms with Crippen LogP contribution in [-0.4, -0.2) is 71.7 Å². The van der Waals surface area contributed by atoms with Crippen molar-refractivity contribution < 1.29 is 40.4 Å². The first-order valence-electron chi connectivity index (χ1n) is 17.2. The molecule has 0 saturated heterocycles. The lowest BCUT2D eigenvalue weighted by molar-refractivity contribution is -0.437. The van der Waals surface area contributed by atoms with Crippen LogP contribution in [0, 0.1) is 0 Å². The van der Waals surface area contributed by atoms with Crippen molar-refractivity contribution in [2.24, 2.45) is 0 Å². The third-order valence-electron chi connectivity index (χ3n) is 10.6. The summed E-state index contributed by atoms with van der Waals surface area (Å²) in [6.45, 7) is 8.64. The van der Waals surface area contributed by atoms with E-state index in [0.29, 0.717) is 11.4 Å². The molecular formula is C40H41N2O8S2+. The number of hydrogen-bond donors (Lipinski definition) is 3. The van der Waals surface area contributed by atoms with Gasteiger partial charge in [-0.25, -0.2) is 0 Å². The molecule has 12 heteroatoms. The summed E-state index contributed by atoms with van der Waals surface area (Å²) in [5.74, 6) is -1.38. The van der Waals surface area contributed by atoms with Crippen LogP contribution < -0.4 is 4.90 Å². The number of carbonyl (C=O) groups excluding carboxylic acids is 1. The molecule has 0 saturated carbocycles. The minimum Gasteiger partial charge on any atom is -0.506 e. The Morgan fingerprint density at radius 3 is 1.92 bits per heavy atom. The van der Waals surface area contributed by atoms with Crippen LogP contribution >= 0.6 is 0 Å². The highest BCUT2D eigenvalue weighted by atomic mass is 32.2. The van der Waals surface area contributed by atoms with E-state index in [0.717, 1.165) is 44.0 Å². The maximum absolute atomic E-state index is 14.0. The lowest BCUT2D eigenvalue weighted by atomic mass is 9.76. The standard InChI is InChI=1S/C40H40N2O8S2/c1-39(2)33(41(19-9-21-51(45,46)47)31-17-15-25-11-5-7-13-27(25)35(31)39)23-29-37(43)30(38(29)44)24-34-40(3,4)36-28-14-8-6-12-26(28)16-18-32(36)42(34)20-10-22-52(48,49)50/h5-8,11-18,23-24H,9-10,19-22H2,1-4H3,(H2-,43,44,45,46,47,48,49,50)/p+1. The minimum absolute atomic E-state index is 0.128. The quantitative estimate of drug-likeness (QED) is 0.0893. The van der Waals surface area contributed by atoms with Gasteiger partial charge in [-0.1, -0.05) is 68.4 Å². The van der Waals surface area contributed by atoms with Gasteiger partial charge in [0.2, 0.25) is 11.5 Å². The summed E-state index contributed by atoms with van der Waals surface area (Å²) in [6, 6.07) is 23.9. The summed E-state index contributed by atoms with van der Waals surface area (Å²) in [4.78, 5) is 16.0. The Labute approximate surface area is 303 Å². The first-order chi connectivity index (χ1) is 24.4. The van der Waals surface area contributed by atoms with E-state index in [4.69, 9.17) is 0 Å². The van der Waals surface area contributed by atoms with Gasteiger partial charge in [0.1, 0.15) is 12.3 Å². The molecule has 4 aromatic carbocycles. The first-order valence-corrected chi connectivity index (χ1v) is 20.4. The predicted molar refractivity (Wildman–Crippen MR) is 204 cm³/mol. The average Bonchev–Trinajstić information content (AvgIpc) is 3.43. The molecule has 4 aromatic rings. The van der Waals surface area contributed by atoms with Gasteiger partial charge in [-0.3, -0.25) is 13.9 Å². The molecule has 7 rings (SSSR count). The average molecular weight is 742 g/mol. The lowest BCUT2D eigenvalue weighted by Crippen LogP contribution is -2.32. The van der Waals surface area contributed by atoms with Gasteiger partial charge in [-0.05, 0) is 65.6 Å². The molecule has 0 atom stereocenters. The number of Topliss-reactive ketones (excluding diaryl/α,β-unsaturated/α-hetero) is 1. The smallest absolute Gasteiger partial charge is 0.265 e. The van der Waals surface area contributed by atoms with Gasteiger partial charge in [0, 0.05) is 47.5 Å². The van der Waals surface area contributed by atoms with Gasteiger partial charge in [-0.15, -0.1) is 0 Å². The van der Waals surface area contributed by atoms with Crippen molar-refractivity contribution in [3.05, 3.63) is 119 Å². The van der Waals surface area contributed by atoms with Crippen molar-refractivity contribution in [2.75, 3.05) is 29.5 Å². The van der Waals surface area contributed by atoms with E-state index in [2.05, 4.69) is 0 Å². The van der Waals surface area contributed by atoms with Gasteiger partial charge in [0.25, 0.3) is 20.2 Å². The number of allylic oxidation sites excluding steroid dienone is 5. The lowest BCUT2D eigenvalue weighted by Gasteiger charge is -2.29. The summed E-state index contributed by atoms with van der Waals surface area (Å²) in [6.07, 6.45) is 3.65. The first kappa shape index (κ1) is 35.8. The maximum atomic E-state index is 14.0. The molecule has 10 nitrogen and oxygen atoms in total. The van der Waals surface area contributed by atoms with Crippen molar-refractivity contribution in [3.63, 3.8) is 0 Å². The number of fused-ring (bicyclic) bond motifs is 6. The van der Waals surface area contributed by atoms with E-state index in [-0.39, 0.29) is 48.6 Å². The van der Waals surface area contributed by atoms with Crippen molar-refractivity contribution in [1.82, 2.24) is 0 Å². The zero-order chi connectivity index (χ0) is 37.4. The number of nitrogens with zero attached hydrogens (tertiary/aromatic N) is 2. The second kappa shape index (κ2) is 12.5. The molecule has 1 aliphatic carbocycles. The third-order valence-corrected chi connectivity index (χ3v) is 12.2. The van der Waals surface area contributed by atoms with Gasteiger partial charge in [0.05, 0.1) is 28.1 Å². The molecule has 0 bridgehead atoms. The molecule has 2 heterocycles. The van der Waals surface area contributed by atoms with Crippen LogP contribution in [0.5, 0.6) is 0 Å². The van der Waals surface area contributed by atoms with E-state index in [1.165, 1.54) is 0 Å². The summed E-state index contributed by atoms with van der Waals surface area (Å²) in [5, 5.41) is 15.7. The fourth-order valence-corrected chi connectivity index (χ4v) is 9.25. The van der Waals surface area contributed by atoms with E-state index in [1.807, 2.05) is 110 Å². The van der Waals surface area contributed by atoms with E-state index in [9.17, 15) is 35.8 Å². The number of aliphatic hydroxyl groups is 1. The van der Waals surface area contributed by atoms with Crippen LogP contribution in [0.2, 0.25) is 0 Å². The van der Waals surface area contributed by atoms with Crippen molar-refractivity contribution in [1.29, 1.82) is 0 Å². The molecule has 3 aliphatic rings. The van der Waals surface area contributed by atoms with Crippen LogP contribution in [0.1, 0.15) is 51.7 Å². The molecule has 0 aromatic heterocycles. The molecule has 0 fully saturated rings. The van der Waals surface area contributed by atoms with Crippen molar-refractivity contribution in [2.45, 2.75) is 51.4 Å². The number of hydrogen-bond acceptors (Lipinski definition) is 7. The minimum atomic E-state index is -4.19. The molecule has 0 radical (unpaired) electrons. The highest BCUT2D eigenvalue weighted by Crippen LogP contribution is 2.52. The van der Waals surface area contributed by atoms with Crippen LogP contribution in [0.25, 0.3) is 21.5 Å². The van der Waals surface area contributed by atoms with Gasteiger partial charge in [0.15, 0.2) is 5.71 Å². The summed E-state index contributed by atoms with van der Waals surface area (Å²) in [7, 11) is -8.38. The van der Waals surface area contributed by atoms with Crippen LogP contribution in [0.3, 0.4) is 0 Å². The van der Waals surface area contributed by atoms with Gasteiger partial charge >= 0.3 is 0 Å². The molecule has 0 spiro atoms. The predicted octanol–water partition coefficient (Wildman–Crippen LogP) is 6.93. The van der Waals surface area contributed by atoms with Crippen LogP contribution in [-0.2, 0) is 35.9 Å². The van der Waals surface area contributed by atoms with Crippen LogP contribution in [0.15, 0.2) is 108 Å². The Hall–Kier alpha value is -4.62. The van der Waals surface area contributed by atoms with Gasteiger partial charge < -0.3 is 10.0 Å². The second-order valence-electron chi connectivity index (χ2n) is 14.8. The number of carbonyl (C=O) groups is 1. The fraction of sp³-hybridized carbons (Fsp3) is 0.300. The van der Waals surface area contributed by atoms with Crippen LogP contribution in [0.4, 0.5) is 11.4 Å². The topological polar surface area (TPSA) is 152 Å². The second-order valence-corrected chi connectivity index (χ2v) is 17.9. The molecular weight excluding hydrogens is 701 g/mol. The number of ketones is 1. The SMILES string of the molecule is CC1(C)C(=CC2=C(O)C(=CC3=[N+](CCCS(=O)(=O)O)c4ccc5ccccc5c4C3(C)C)C2=O)N(CCCS(=O)(=O)O)c2ccc3ccccc3c21. The highest BCUT2D eigenvalue weighted by Gasteiger charge is 2.48. The molecule has 3 N–H and O–H groups in total. The number of aliphatic hydroxyl groups excluding tert-OH is 1. The Kier molecular flexibility index (Phi) is 8.60. The Morgan fingerprint density at radius 1 is 0.731 bits per heavy atom. The zero-order valence-electron chi connectivity index (χ0n) is 29.4. The van der Waals surface area contributed by atoms with E-state index in [1.54, 1.807) is 12.2 Å². The fourth-order valence-electron chi connectivity index (χ4n) is 8.27. The Morgan fingerprint density at radius 2 is 1.31 bits per heavy atom. The van der Waals surface area contributed by atoms with E-state index < -0.39 is 42.6 Å². The third kappa shape index (κ3) is 6.07. The molecule has 52 heavy (non-hydrogen) atoms. The summed E-state index contributed by atoms with van der Waals surface area (Å²) < 4.78 is 67.4. The number of anilines is 1. The van der Waals surface area contributed by atoms with E-state index >= 15 is 0 Å². The highest BCUT2D eigenvalue weighted by molar-refractivity contribution is 7.86. The monoisotopic (exact) mass is 741 g/mol. The van der Waals surface area contributed by atoms with Gasteiger partial charge in [-0.2, -0.15) is 21.4 Å². The summed E-state index contributed by atoms with van der Waals surface area (Å²) >= 11 is 0. The number of benzene rings is 4. The number of rotatable bonds is 10. The molecule has 0 amide bonds. The molecule has 0 unspecified atom stereocenters. The maximum Gasteiger partial charge on any atom is 0.265 e. The van der Waals surface area contributed by atoms with Crippen molar-refractivity contribution in [3.8, 4) is 0 Å². The largest absolute Gasteiger partial charge is 0.506 e. The summed E-state index contributed by atoms with van der Waals surface area (Å²) in [5.41, 5.74) is 4.15. The molecule has 270 valence electrons.